The molecule has 20 heavy (non-hydrogen) atoms. The number of halogens is 4. The first kappa shape index (κ1) is 17.0. The van der Waals surface area contributed by atoms with E-state index in [1.807, 2.05) is 12.1 Å². The minimum absolute atomic E-state index is 0.196. The van der Waals surface area contributed by atoms with Gasteiger partial charge in [0.2, 0.25) is 0 Å². The molecule has 0 aromatic heterocycles. The third-order valence-electron chi connectivity index (χ3n) is 2.33. The maximum absolute atomic E-state index is 12.5. The molecular formula is C14H10ClF3OZn. The molecule has 0 spiro atoms. The maximum atomic E-state index is 12.5. The molecule has 102 valence electrons. The van der Waals surface area contributed by atoms with Crippen molar-refractivity contribution in [2.75, 3.05) is 0 Å². The number of hydrogen-bond acceptors (Lipinski definition) is 1. The van der Waals surface area contributed by atoms with Gasteiger partial charge in [0.05, 0.1) is 12.2 Å². The molecule has 2 aromatic rings. The second-order valence-corrected chi connectivity index (χ2v) is 3.70. The monoisotopic (exact) mass is 350 g/mol. The van der Waals surface area contributed by atoms with E-state index >= 15 is 0 Å². The Labute approximate surface area is 129 Å². The summed E-state index contributed by atoms with van der Waals surface area (Å²) in [5.41, 5.74) is 0.0759. The van der Waals surface area contributed by atoms with Gasteiger partial charge in [-0.15, -0.1) is 5.56 Å². The molecule has 0 saturated carbocycles. The van der Waals surface area contributed by atoms with Crippen molar-refractivity contribution in [2.24, 2.45) is 0 Å². The standard InChI is InChI=1S/C14H10F3O.ClH.Zn/c15-14(16,17)12-7-4-8-13(9-12)18-10-11-5-2-1-3-6-11;;/h1-5,7-9H,10H2;1H;/q-1;;+2/p-1. The van der Waals surface area contributed by atoms with Crippen LogP contribution < -0.4 is 4.74 Å². The summed E-state index contributed by atoms with van der Waals surface area (Å²) in [5, 5.41) is 0. The summed E-state index contributed by atoms with van der Waals surface area (Å²) in [6, 6.07) is 14.9. The van der Waals surface area contributed by atoms with Gasteiger partial charge >= 0.3 is 33.2 Å². The number of hydrogen-bond donors (Lipinski definition) is 0. The molecule has 0 N–H and O–H groups in total. The van der Waals surface area contributed by atoms with Crippen molar-refractivity contribution in [1.29, 1.82) is 0 Å². The molecule has 1 nitrogen and oxygen atoms in total. The molecule has 0 amide bonds. The third kappa shape index (κ3) is 5.52. The van der Waals surface area contributed by atoms with Crippen LogP contribution in [0.5, 0.6) is 5.75 Å². The molecule has 0 unspecified atom stereocenters. The van der Waals surface area contributed by atoms with Gasteiger partial charge in [0.25, 0.3) is 0 Å². The van der Waals surface area contributed by atoms with Crippen molar-refractivity contribution in [3.8, 4) is 5.75 Å². The zero-order valence-corrected chi connectivity index (χ0v) is 14.2. The van der Waals surface area contributed by atoms with E-state index < -0.39 is 11.7 Å². The normalized spacial score (nSPS) is 10.5. The number of rotatable bonds is 3. The summed E-state index contributed by atoms with van der Waals surface area (Å²) in [6.07, 6.45) is -4.35. The van der Waals surface area contributed by atoms with E-state index in [0.29, 0.717) is 0 Å². The van der Waals surface area contributed by atoms with Crippen LogP contribution in [0.4, 0.5) is 13.2 Å². The first-order valence-corrected chi connectivity index (χ1v) is 9.48. The Morgan fingerprint density at radius 3 is 2.45 bits per heavy atom. The molecular weight excluding hydrogens is 342 g/mol. The predicted molar refractivity (Wildman–Crippen MR) is 66.9 cm³/mol. The van der Waals surface area contributed by atoms with Crippen molar-refractivity contribution in [3.63, 3.8) is 0 Å². The van der Waals surface area contributed by atoms with Crippen LogP contribution in [0.3, 0.4) is 0 Å². The summed E-state index contributed by atoms with van der Waals surface area (Å²) in [4.78, 5) is 0. The van der Waals surface area contributed by atoms with Gasteiger partial charge in [-0.2, -0.15) is 43.5 Å². The Bertz CT molecular complexity index is 517. The van der Waals surface area contributed by atoms with Crippen molar-refractivity contribution in [1.82, 2.24) is 0 Å². The van der Waals surface area contributed by atoms with E-state index in [2.05, 4.69) is 6.07 Å². The van der Waals surface area contributed by atoms with Crippen molar-refractivity contribution in [2.45, 2.75) is 12.8 Å². The van der Waals surface area contributed by atoms with Gasteiger partial charge in [0.1, 0.15) is 5.75 Å². The molecule has 0 fully saturated rings. The van der Waals surface area contributed by atoms with E-state index in [4.69, 9.17) is 14.4 Å². The van der Waals surface area contributed by atoms with Gasteiger partial charge in [-0.3, -0.25) is 0 Å². The molecule has 0 bridgehead atoms. The fourth-order valence-corrected chi connectivity index (χ4v) is 1.44. The van der Waals surface area contributed by atoms with E-state index in [0.717, 1.165) is 35.0 Å². The molecule has 0 heterocycles. The summed E-state index contributed by atoms with van der Waals surface area (Å²) in [7, 11) is 4.76. The molecule has 6 heteroatoms. The van der Waals surface area contributed by atoms with E-state index in [9.17, 15) is 13.2 Å². The van der Waals surface area contributed by atoms with E-state index in [1.165, 1.54) is 12.1 Å². The minimum atomic E-state index is -4.35. The van der Waals surface area contributed by atoms with Crippen LogP contribution in [0.15, 0.2) is 48.5 Å². The molecule has 0 aliphatic rings. The van der Waals surface area contributed by atoms with Crippen LogP contribution in [0.25, 0.3) is 0 Å². The second kappa shape index (κ2) is 8.28. The zero-order valence-electron chi connectivity index (χ0n) is 10.5. The second-order valence-electron chi connectivity index (χ2n) is 3.70. The Hall–Kier alpha value is -1.06. The van der Waals surface area contributed by atoms with Crippen molar-refractivity contribution in [3.05, 3.63) is 65.7 Å². The topological polar surface area (TPSA) is 9.23 Å². The van der Waals surface area contributed by atoms with Gasteiger partial charge in [0, 0.05) is 0 Å². The number of alkyl halides is 3. The molecule has 0 atom stereocenters. The molecule has 0 aliphatic carbocycles. The summed E-state index contributed by atoms with van der Waals surface area (Å²) in [6.45, 7) is 0.197. The first-order chi connectivity index (χ1) is 9.55. The Morgan fingerprint density at radius 1 is 1.10 bits per heavy atom. The van der Waals surface area contributed by atoms with Crippen molar-refractivity contribution < 1.29 is 35.2 Å². The fraction of sp³-hybridized carbons (Fsp3) is 0.143. The van der Waals surface area contributed by atoms with Gasteiger partial charge in [-0.1, -0.05) is 6.07 Å². The predicted octanol–water partition coefficient (Wildman–Crippen LogP) is 4.77. The van der Waals surface area contributed by atoms with Gasteiger partial charge in [0.15, 0.2) is 0 Å². The summed E-state index contributed by atoms with van der Waals surface area (Å²) < 4.78 is 42.7. The van der Waals surface area contributed by atoms with Crippen LogP contribution in [0, 0.1) is 6.07 Å². The SMILES string of the molecule is FC(F)(F)c1cccc(OCc2[c-]cccc2)c1.[Cl][Zn+]. The van der Waals surface area contributed by atoms with Gasteiger partial charge in [-0.25, -0.2) is 0 Å². The van der Waals surface area contributed by atoms with Gasteiger partial charge < -0.3 is 4.74 Å². The first-order valence-electron chi connectivity index (χ1n) is 5.58. The van der Waals surface area contributed by atoms with Crippen LogP contribution in [-0.4, -0.2) is 0 Å². The third-order valence-corrected chi connectivity index (χ3v) is 2.33. The summed E-state index contributed by atoms with van der Waals surface area (Å²) in [5.74, 6) is 0.196. The van der Waals surface area contributed by atoms with Crippen LogP contribution in [0.1, 0.15) is 11.1 Å². The molecule has 0 aliphatic heterocycles. The Kier molecular flexibility index (Phi) is 7.04. The Morgan fingerprint density at radius 2 is 1.85 bits per heavy atom. The number of ether oxygens (including phenoxy) is 1. The van der Waals surface area contributed by atoms with Gasteiger partial charge in [-0.05, 0) is 18.2 Å². The van der Waals surface area contributed by atoms with Crippen molar-refractivity contribution >= 4 is 9.69 Å². The molecule has 2 aromatic carbocycles. The average Bonchev–Trinajstić information content (AvgIpc) is 2.48. The Balaban J connectivity index is 0.000000956. The fourth-order valence-electron chi connectivity index (χ4n) is 1.44. The zero-order chi connectivity index (χ0) is 15.0. The molecule has 2 rings (SSSR count). The summed E-state index contributed by atoms with van der Waals surface area (Å²) >= 11 is 0.847. The van der Waals surface area contributed by atoms with Crippen LogP contribution in [-0.2, 0) is 30.1 Å². The number of benzene rings is 2. The van der Waals surface area contributed by atoms with Crippen LogP contribution >= 0.6 is 9.69 Å². The molecule has 0 radical (unpaired) electrons. The van der Waals surface area contributed by atoms with E-state index in [1.54, 1.807) is 12.1 Å². The average molecular weight is 352 g/mol. The quantitative estimate of drug-likeness (QED) is 0.571. The van der Waals surface area contributed by atoms with E-state index in [-0.39, 0.29) is 12.4 Å². The van der Waals surface area contributed by atoms with Crippen LogP contribution in [0.2, 0.25) is 0 Å². The molecule has 0 saturated heterocycles.